The first-order valence-corrected chi connectivity index (χ1v) is 7.68. The van der Waals surface area contributed by atoms with Crippen molar-refractivity contribution >= 4 is 38.6 Å². The lowest BCUT2D eigenvalue weighted by Gasteiger charge is -1.96. The average Bonchev–Trinajstić information content (AvgIpc) is 3.00. The fourth-order valence-electron chi connectivity index (χ4n) is 1.57. The molecule has 0 saturated carbocycles. The molecule has 0 saturated heterocycles. The Bertz CT molecular complexity index is 628. The lowest BCUT2D eigenvalue weighted by atomic mass is 10.2. The maximum absolute atomic E-state index is 4.67. The normalized spacial score (nSPS) is 10.6. The zero-order valence-electron chi connectivity index (χ0n) is 8.76. The number of hydrogen-bond acceptors (Lipinski definition) is 3. The predicted molar refractivity (Wildman–Crippen MR) is 78.6 cm³/mol. The van der Waals surface area contributed by atoms with E-state index in [-0.39, 0.29) is 0 Å². The van der Waals surface area contributed by atoms with Crippen LogP contribution in [0.5, 0.6) is 0 Å². The number of thiophene rings is 1. The number of benzene rings is 1. The molecule has 0 fully saturated rings. The number of halogens is 1. The topological polar surface area (TPSA) is 12.9 Å². The van der Waals surface area contributed by atoms with Crippen LogP contribution in [0.4, 0.5) is 0 Å². The summed E-state index contributed by atoms with van der Waals surface area (Å²) in [5, 5.41) is 7.40. The van der Waals surface area contributed by atoms with Crippen molar-refractivity contribution in [3.8, 4) is 21.8 Å². The summed E-state index contributed by atoms with van der Waals surface area (Å²) in [7, 11) is 0. The van der Waals surface area contributed by atoms with Crippen molar-refractivity contribution in [2.75, 3.05) is 0 Å². The largest absolute Gasteiger partial charge is 0.236 e. The maximum Gasteiger partial charge on any atom is 0.124 e. The quantitative estimate of drug-likeness (QED) is 0.624. The fraction of sp³-hybridized carbons (Fsp3) is 0. The van der Waals surface area contributed by atoms with E-state index in [1.165, 1.54) is 5.56 Å². The molecule has 0 atom stereocenters. The molecule has 3 rings (SSSR count). The van der Waals surface area contributed by atoms with E-state index in [0.717, 1.165) is 20.7 Å². The SMILES string of the molecule is Brc1cccc(-c2csc(-c3ccsc3)n2)c1. The molecular weight excluding hydrogens is 314 g/mol. The third-order valence-electron chi connectivity index (χ3n) is 2.39. The lowest BCUT2D eigenvalue weighted by Crippen LogP contribution is -1.78. The van der Waals surface area contributed by atoms with Crippen molar-refractivity contribution in [3.05, 3.63) is 50.9 Å². The van der Waals surface area contributed by atoms with Gasteiger partial charge in [-0.15, -0.1) is 11.3 Å². The molecule has 0 aliphatic rings. The number of aromatic nitrogens is 1. The van der Waals surface area contributed by atoms with Gasteiger partial charge in [0.15, 0.2) is 0 Å². The summed E-state index contributed by atoms with van der Waals surface area (Å²) < 4.78 is 1.08. The highest BCUT2D eigenvalue weighted by molar-refractivity contribution is 9.10. The molecule has 2 aromatic heterocycles. The van der Waals surface area contributed by atoms with Gasteiger partial charge < -0.3 is 0 Å². The Labute approximate surface area is 116 Å². The third-order valence-corrected chi connectivity index (χ3v) is 4.46. The first-order chi connectivity index (χ1) is 8.33. The monoisotopic (exact) mass is 321 g/mol. The van der Waals surface area contributed by atoms with E-state index < -0.39 is 0 Å². The second-order valence-corrected chi connectivity index (χ2v) is 6.11. The van der Waals surface area contributed by atoms with Gasteiger partial charge in [0, 0.05) is 26.4 Å². The molecule has 84 valence electrons. The molecule has 1 aromatic carbocycles. The molecule has 0 unspecified atom stereocenters. The predicted octanol–water partition coefficient (Wildman–Crippen LogP) is 5.30. The van der Waals surface area contributed by atoms with E-state index in [1.807, 2.05) is 12.1 Å². The molecule has 1 nitrogen and oxygen atoms in total. The van der Waals surface area contributed by atoms with Crippen LogP contribution in [0.1, 0.15) is 0 Å². The Morgan fingerprint density at radius 1 is 1.06 bits per heavy atom. The third kappa shape index (κ3) is 2.34. The Morgan fingerprint density at radius 2 is 2.00 bits per heavy atom. The first kappa shape index (κ1) is 11.1. The zero-order valence-corrected chi connectivity index (χ0v) is 12.0. The van der Waals surface area contributed by atoms with Crippen LogP contribution in [0, 0.1) is 0 Å². The van der Waals surface area contributed by atoms with E-state index in [2.05, 4.69) is 55.3 Å². The number of hydrogen-bond donors (Lipinski definition) is 0. The van der Waals surface area contributed by atoms with Crippen LogP contribution in [0.2, 0.25) is 0 Å². The second kappa shape index (κ2) is 4.72. The van der Waals surface area contributed by atoms with E-state index in [0.29, 0.717) is 0 Å². The highest BCUT2D eigenvalue weighted by Gasteiger charge is 2.06. The van der Waals surface area contributed by atoms with Crippen LogP contribution in [-0.4, -0.2) is 4.98 Å². The van der Waals surface area contributed by atoms with Gasteiger partial charge in [0.05, 0.1) is 5.69 Å². The van der Waals surface area contributed by atoms with Crippen molar-refractivity contribution < 1.29 is 0 Å². The van der Waals surface area contributed by atoms with Gasteiger partial charge in [-0.1, -0.05) is 28.1 Å². The van der Waals surface area contributed by atoms with Crippen molar-refractivity contribution in [2.24, 2.45) is 0 Å². The molecule has 0 aliphatic carbocycles. The minimum absolute atomic E-state index is 1.04. The zero-order chi connectivity index (χ0) is 11.7. The molecule has 0 N–H and O–H groups in total. The summed E-state index contributed by atoms with van der Waals surface area (Å²) >= 11 is 6.87. The van der Waals surface area contributed by atoms with Crippen LogP contribution < -0.4 is 0 Å². The van der Waals surface area contributed by atoms with Crippen molar-refractivity contribution in [3.63, 3.8) is 0 Å². The summed E-state index contributed by atoms with van der Waals surface area (Å²) in [6, 6.07) is 10.3. The van der Waals surface area contributed by atoms with Gasteiger partial charge in [-0.05, 0) is 23.6 Å². The van der Waals surface area contributed by atoms with E-state index in [1.54, 1.807) is 22.7 Å². The van der Waals surface area contributed by atoms with Gasteiger partial charge in [0.2, 0.25) is 0 Å². The molecule has 2 heterocycles. The molecular formula is C13H8BrNS2. The van der Waals surface area contributed by atoms with Gasteiger partial charge in [-0.3, -0.25) is 0 Å². The van der Waals surface area contributed by atoms with E-state index in [9.17, 15) is 0 Å². The minimum atomic E-state index is 1.04. The highest BCUT2D eigenvalue weighted by Crippen LogP contribution is 2.30. The van der Waals surface area contributed by atoms with Gasteiger partial charge in [-0.25, -0.2) is 4.98 Å². The molecule has 0 radical (unpaired) electrons. The standard InChI is InChI=1S/C13H8BrNS2/c14-11-3-1-2-9(6-11)12-8-17-13(15-12)10-4-5-16-7-10/h1-8H. The molecule has 4 heteroatoms. The molecule has 0 amide bonds. The van der Waals surface area contributed by atoms with Crippen LogP contribution in [0.15, 0.2) is 50.9 Å². The van der Waals surface area contributed by atoms with Crippen molar-refractivity contribution in [1.82, 2.24) is 4.98 Å². The van der Waals surface area contributed by atoms with E-state index >= 15 is 0 Å². The Morgan fingerprint density at radius 3 is 2.76 bits per heavy atom. The smallest absolute Gasteiger partial charge is 0.124 e. The Balaban J connectivity index is 2.01. The average molecular weight is 322 g/mol. The van der Waals surface area contributed by atoms with Gasteiger partial charge in [0.1, 0.15) is 5.01 Å². The molecule has 0 aliphatic heterocycles. The van der Waals surface area contributed by atoms with Crippen LogP contribution in [-0.2, 0) is 0 Å². The minimum Gasteiger partial charge on any atom is -0.236 e. The summed E-state index contributed by atoms with van der Waals surface area (Å²) in [5.41, 5.74) is 3.40. The molecule has 3 aromatic rings. The lowest BCUT2D eigenvalue weighted by molar-refractivity contribution is 1.40. The molecule has 0 spiro atoms. The number of nitrogens with zero attached hydrogens (tertiary/aromatic N) is 1. The fourth-order valence-corrected chi connectivity index (χ4v) is 3.51. The van der Waals surface area contributed by atoms with Crippen LogP contribution in [0.3, 0.4) is 0 Å². The molecule has 17 heavy (non-hydrogen) atoms. The second-order valence-electron chi connectivity index (χ2n) is 3.56. The Kier molecular flexibility index (Phi) is 3.09. The highest BCUT2D eigenvalue weighted by atomic mass is 79.9. The molecule has 0 bridgehead atoms. The van der Waals surface area contributed by atoms with Crippen LogP contribution in [0.25, 0.3) is 21.8 Å². The number of thiazole rings is 1. The summed E-state index contributed by atoms with van der Waals surface area (Å²) in [6.45, 7) is 0. The summed E-state index contributed by atoms with van der Waals surface area (Å²) in [6.07, 6.45) is 0. The van der Waals surface area contributed by atoms with Crippen molar-refractivity contribution in [2.45, 2.75) is 0 Å². The number of rotatable bonds is 2. The van der Waals surface area contributed by atoms with Gasteiger partial charge in [0.25, 0.3) is 0 Å². The first-order valence-electron chi connectivity index (χ1n) is 5.07. The Hall–Kier alpha value is -0.970. The van der Waals surface area contributed by atoms with E-state index in [4.69, 9.17) is 0 Å². The van der Waals surface area contributed by atoms with Crippen molar-refractivity contribution in [1.29, 1.82) is 0 Å². The van der Waals surface area contributed by atoms with Crippen LogP contribution >= 0.6 is 38.6 Å². The van der Waals surface area contributed by atoms with Gasteiger partial charge >= 0.3 is 0 Å². The summed E-state index contributed by atoms with van der Waals surface area (Å²) in [5.74, 6) is 0. The maximum atomic E-state index is 4.67. The summed E-state index contributed by atoms with van der Waals surface area (Å²) in [4.78, 5) is 4.67. The van der Waals surface area contributed by atoms with Gasteiger partial charge in [-0.2, -0.15) is 11.3 Å².